The molecule has 2 aromatic rings. The third-order valence-electron chi connectivity index (χ3n) is 2.29. The van der Waals surface area contributed by atoms with Crippen LogP contribution in [-0.2, 0) is 5.75 Å². The Morgan fingerprint density at radius 2 is 2.06 bits per heavy atom. The number of benzene rings is 1. The molecule has 3 nitrogen and oxygen atoms in total. The van der Waals surface area contributed by atoms with E-state index in [0.717, 1.165) is 11.3 Å². The predicted octanol–water partition coefficient (Wildman–Crippen LogP) is 3.73. The summed E-state index contributed by atoms with van der Waals surface area (Å²) in [6, 6.07) is 11.4. The maximum absolute atomic E-state index is 10.9. The number of pyridine rings is 1. The summed E-state index contributed by atoms with van der Waals surface area (Å²) in [7, 11) is 0. The summed E-state index contributed by atoms with van der Waals surface area (Å²) < 4.78 is 0. The van der Waals surface area contributed by atoms with Gasteiger partial charge in [-0.25, -0.2) is 9.78 Å². The lowest BCUT2D eigenvalue weighted by Crippen LogP contribution is -1.98. The van der Waals surface area contributed by atoms with Gasteiger partial charge in [0.25, 0.3) is 0 Å². The minimum Gasteiger partial charge on any atom is -0.478 e. The smallest absolute Gasteiger partial charge is 0.337 e. The highest BCUT2D eigenvalue weighted by Crippen LogP contribution is 2.24. The van der Waals surface area contributed by atoms with Gasteiger partial charge in [0, 0.05) is 11.9 Å². The Hall–Kier alpha value is -1.52. The number of carbonyl (C=O) groups is 1. The van der Waals surface area contributed by atoms with Crippen LogP contribution < -0.4 is 0 Å². The number of nitrogens with zero attached hydrogens (tertiary/aromatic N) is 1. The van der Waals surface area contributed by atoms with Crippen molar-refractivity contribution in [2.24, 2.45) is 0 Å². The third kappa shape index (κ3) is 3.24. The lowest BCUT2D eigenvalue weighted by molar-refractivity contribution is 0.0696. The molecule has 0 spiro atoms. The number of hydrogen-bond donors (Lipinski definition) is 1. The number of carboxylic acids is 1. The first kappa shape index (κ1) is 12.9. The van der Waals surface area contributed by atoms with Gasteiger partial charge in [0.2, 0.25) is 0 Å². The number of rotatable bonds is 4. The zero-order valence-corrected chi connectivity index (χ0v) is 10.9. The predicted molar refractivity (Wildman–Crippen MR) is 72.2 cm³/mol. The third-order valence-corrected chi connectivity index (χ3v) is 3.59. The maximum atomic E-state index is 10.9. The lowest BCUT2D eigenvalue weighted by Gasteiger charge is -2.03. The Kier molecular flexibility index (Phi) is 4.23. The highest BCUT2D eigenvalue weighted by Gasteiger charge is 2.10. The molecule has 1 N–H and O–H groups in total. The van der Waals surface area contributed by atoms with Crippen LogP contribution in [0.2, 0.25) is 5.02 Å². The van der Waals surface area contributed by atoms with Crippen molar-refractivity contribution >= 4 is 29.3 Å². The lowest BCUT2D eigenvalue weighted by atomic mass is 10.2. The van der Waals surface area contributed by atoms with Gasteiger partial charge in [-0.05, 0) is 11.6 Å². The van der Waals surface area contributed by atoms with E-state index >= 15 is 0 Å². The van der Waals surface area contributed by atoms with Crippen LogP contribution in [0.15, 0.2) is 47.6 Å². The first-order chi connectivity index (χ1) is 8.66. The van der Waals surface area contributed by atoms with Gasteiger partial charge in [-0.2, -0.15) is 0 Å². The van der Waals surface area contributed by atoms with E-state index in [9.17, 15) is 4.79 Å². The second-order valence-electron chi connectivity index (χ2n) is 3.58. The number of hydrogen-bond acceptors (Lipinski definition) is 3. The summed E-state index contributed by atoms with van der Waals surface area (Å²) in [5.74, 6) is -0.293. The summed E-state index contributed by atoms with van der Waals surface area (Å²) in [4.78, 5) is 15.0. The number of aromatic nitrogens is 1. The van der Waals surface area contributed by atoms with E-state index in [1.54, 1.807) is 0 Å². The van der Waals surface area contributed by atoms with Crippen LogP contribution in [-0.4, -0.2) is 16.1 Å². The van der Waals surface area contributed by atoms with Crippen molar-refractivity contribution in [1.82, 2.24) is 4.98 Å². The number of halogens is 1. The average Bonchev–Trinajstić information content (AvgIpc) is 2.38. The molecule has 0 aliphatic carbocycles. The van der Waals surface area contributed by atoms with Gasteiger partial charge in [0.15, 0.2) is 0 Å². The normalized spacial score (nSPS) is 10.3. The molecule has 1 aromatic carbocycles. The van der Waals surface area contributed by atoms with E-state index in [0.29, 0.717) is 5.03 Å². The van der Waals surface area contributed by atoms with E-state index in [4.69, 9.17) is 16.7 Å². The van der Waals surface area contributed by atoms with Crippen LogP contribution >= 0.6 is 23.4 Å². The summed E-state index contributed by atoms with van der Waals surface area (Å²) in [6.45, 7) is 0. The first-order valence-corrected chi connectivity index (χ1v) is 6.59. The Morgan fingerprint density at radius 3 is 2.72 bits per heavy atom. The molecule has 0 radical (unpaired) electrons. The number of carboxylic acid groups (broad SMARTS) is 1. The molecular weight excluding hydrogens is 270 g/mol. The van der Waals surface area contributed by atoms with E-state index in [1.165, 1.54) is 24.0 Å². The van der Waals surface area contributed by atoms with Crippen molar-refractivity contribution in [3.63, 3.8) is 0 Å². The molecular formula is C13H10ClNO2S. The van der Waals surface area contributed by atoms with E-state index in [2.05, 4.69) is 4.98 Å². The van der Waals surface area contributed by atoms with Crippen molar-refractivity contribution in [2.45, 2.75) is 10.8 Å². The van der Waals surface area contributed by atoms with Crippen LogP contribution in [0.3, 0.4) is 0 Å². The highest BCUT2D eigenvalue weighted by molar-refractivity contribution is 7.98. The molecule has 18 heavy (non-hydrogen) atoms. The molecule has 1 heterocycles. The zero-order chi connectivity index (χ0) is 13.0. The summed E-state index contributed by atoms with van der Waals surface area (Å²) in [5.41, 5.74) is 1.25. The molecule has 2 rings (SSSR count). The minimum atomic E-state index is -1.04. The fraction of sp³-hybridized carbons (Fsp3) is 0.0769. The van der Waals surface area contributed by atoms with Crippen LogP contribution in [0.5, 0.6) is 0 Å². The fourth-order valence-corrected chi connectivity index (χ4v) is 2.41. The second kappa shape index (κ2) is 5.89. The molecule has 0 aliphatic rings. The summed E-state index contributed by atoms with van der Waals surface area (Å²) >= 11 is 7.24. The van der Waals surface area contributed by atoms with Crippen molar-refractivity contribution in [3.8, 4) is 0 Å². The number of aromatic carboxylic acids is 1. The molecule has 0 saturated carbocycles. The quantitative estimate of drug-likeness (QED) is 0.867. The minimum absolute atomic E-state index is 0.0854. The van der Waals surface area contributed by atoms with Crippen molar-refractivity contribution in [1.29, 1.82) is 0 Å². The first-order valence-electron chi connectivity index (χ1n) is 5.22. The van der Waals surface area contributed by atoms with Crippen LogP contribution in [0, 0.1) is 0 Å². The summed E-state index contributed by atoms with van der Waals surface area (Å²) in [6.07, 6.45) is 1.37. The van der Waals surface area contributed by atoms with Crippen molar-refractivity contribution in [3.05, 3.63) is 58.7 Å². The van der Waals surface area contributed by atoms with Crippen LogP contribution in [0.1, 0.15) is 15.9 Å². The standard InChI is InChI=1S/C13H10ClNO2S/c14-11-7-15-12(6-10(11)13(16)17)18-8-9-4-2-1-3-5-9/h1-7H,8H2,(H,16,17). The topological polar surface area (TPSA) is 50.2 Å². The van der Waals surface area contributed by atoms with Crippen molar-refractivity contribution < 1.29 is 9.90 Å². The Morgan fingerprint density at radius 1 is 1.33 bits per heavy atom. The van der Waals surface area contributed by atoms with Gasteiger partial charge in [0.05, 0.1) is 15.6 Å². The molecule has 0 aliphatic heterocycles. The van der Waals surface area contributed by atoms with Gasteiger partial charge in [-0.3, -0.25) is 0 Å². The Balaban J connectivity index is 2.11. The van der Waals surface area contributed by atoms with Gasteiger partial charge in [-0.15, -0.1) is 11.8 Å². The molecule has 0 atom stereocenters. The molecule has 0 fully saturated rings. The number of thioether (sulfide) groups is 1. The van der Waals surface area contributed by atoms with Gasteiger partial charge < -0.3 is 5.11 Å². The second-order valence-corrected chi connectivity index (χ2v) is 4.98. The molecule has 5 heteroatoms. The van der Waals surface area contributed by atoms with E-state index in [1.807, 2.05) is 30.3 Å². The molecule has 0 bridgehead atoms. The Labute approximate surface area is 114 Å². The fourth-order valence-electron chi connectivity index (χ4n) is 1.39. The molecule has 0 amide bonds. The molecule has 92 valence electrons. The Bertz CT molecular complexity index is 560. The zero-order valence-electron chi connectivity index (χ0n) is 9.34. The van der Waals surface area contributed by atoms with Gasteiger partial charge >= 0.3 is 5.97 Å². The highest BCUT2D eigenvalue weighted by atomic mass is 35.5. The molecule has 1 aromatic heterocycles. The maximum Gasteiger partial charge on any atom is 0.337 e. The van der Waals surface area contributed by atoms with Crippen LogP contribution in [0.25, 0.3) is 0 Å². The monoisotopic (exact) mass is 279 g/mol. The van der Waals surface area contributed by atoms with Crippen LogP contribution in [0.4, 0.5) is 0 Å². The largest absolute Gasteiger partial charge is 0.478 e. The van der Waals surface area contributed by atoms with E-state index in [-0.39, 0.29) is 10.6 Å². The SMILES string of the molecule is O=C(O)c1cc(SCc2ccccc2)ncc1Cl. The van der Waals surface area contributed by atoms with Gasteiger partial charge in [-0.1, -0.05) is 41.9 Å². The van der Waals surface area contributed by atoms with Gasteiger partial charge in [0.1, 0.15) is 0 Å². The summed E-state index contributed by atoms with van der Waals surface area (Å²) in [5, 5.41) is 9.77. The van der Waals surface area contributed by atoms with E-state index < -0.39 is 5.97 Å². The molecule has 0 unspecified atom stereocenters. The van der Waals surface area contributed by atoms with Crippen molar-refractivity contribution in [2.75, 3.05) is 0 Å². The average molecular weight is 280 g/mol. The molecule has 0 saturated heterocycles.